The summed E-state index contributed by atoms with van der Waals surface area (Å²) in [5, 5.41) is 21.3. The molecule has 3 heterocycles. The first-order valence-electron chi connectivity index (χ1n) is 9.92. The number of rotatable bonds is 5. The molecule has 2 saturated heterocycles. The standard InChI is InChI=1S/C19H22F2N3O8P/c1-19(27)16(25)14(31-17(19)24-4-2-15(22)23-18(24)26)9-30-33(28)29-5-3-13(32-33)10-6-11(20)8-12(21)7-10/h2,4,6-8,13-14,16-17,25,27H,3,5,9H2,1H3,(H2,22,23,26)/t13-,14-,16-,17-,19-,33?/m1/s1. The van der Waals surface area contributed by atoms with Crippen LogP contribution in [0, 0.1) is 11.6 Å². The fourth-order valence-electron chi connectivity index (χ4n) is 3.71. The van der Waals surface area contributed by atoms with Crippen molar-refractivity contribution in [2.24, 2.45) is 0 Å². The first kappa shape index (κ1) is 23.9. The lowest BCUT2D eigenvalue weighted by Crippen LogP contribution is -2.46. The van der Waals surface area contributed by atoms with Gasteiger partial charge in [-0.1, -0.05) is 0 Å². The third-order valence-electron chi connectivity index (χ3n) is 5.40. The monoisotopic (exact) mass is 489 g/mol. The van der Waals surface area contributed by atoms with Crippen molar-refractivity contribution in [1.29, 1.82) is 0 Å². The van der Waals surface area contributed by atoms with Crippen LogP contribution in [0.5, 0.6) is 0 Å². The van der Waals surface area contributed by atoms with Crippen LogP contribution in [0.3, 0.4) is 0 Å². The fourth-order valence-corrected chi connectivity index (χ4v) is 5.11. The number of anilines is 1. The number of hydrogen-bond donors (Lipinski definition) is 3. The zero-order chi connectivity index (χ0) is 24.0. The molecule has 4 N–H and O–H groups in total. The molecule has 0 aliphatic carbocycles. The second-order valence-corrected chi connectivity index (χ2v) is 9.52. The largest absolute Gasteiger partial charge is 0.475 e. The van der Waals surface area contributed by atoms with Gasteiger partial charge in [0.1, 0.15) is 35.3 Å². The molecule has 11 nitrogen and oxygen atoms in total. The fraction of sp³-hybridized carbons (Fsp3) is 0.474. The molecule has 180 valence electrons. The van der Waals surface area contributed by atoms with Gasteiger partial charge in [-0.2, -0.15) is 4.98 Å². The van der Waals surface area contributed by atoms with Gasteiger partial charge in [0.2, 0.25) is 0 Å². The summed E-state index contributed by atoms with van der Waals surface area (Å²) in [5.74, 6) is -1.68. The third-order valence-corrected chi connectivity index (χ3v) is 6.87. The van der Waals surface area contributed by atoms with Gasteiger partial charge in [0.05, 0.1) is 19.3 Å². The number of phosphoric acid groups is 1. The molecule has 1 aromatic carbocycles. The quantitative estimate of drug-likeness (QED) is 0.525. The van der Waals surface area contributed by atoms with Gasteiger partial charge in [0, 0.05) is 18.7 Å². The molecule has 0 amide bonds. The van der Waals surface area contributed by atoms with Crippen LogP contribution in [0.15, 0.2) is 35.3 Å². The van der Waals surface area contributed by atoms with E-state index in [2.05, 4.69) is 4.98 Å². The zero-order valence-corrected chi connectivity index (χ0v) is 18.2. The maximum absolute atomic E-state index is 13.5. The van der Waals surface area contributed by atoms with Gasteiger partial charge in [0.15, 0.2) is 6.23 Å². The Kier molecular flexibility index (Phi) is 6.40. The van der Waals surface area contributed by atoms with E-state index in [1.54, 1.807) is 0 Å². The topological polar surface area (TPSA) is 155 Å². The lowest BCUT2D eigenvalue weighted by molar-refractivity contribution is -0.0989. The minimum absolute atomic E-state index is 0.0354. The number of aliphatic hydroxyl groups excluding tert-OH is 1. The summed E-state index contributed by atoms with van der Waals surface area (Å²) in [4.78, 5) is 15.7. The highest BCUT2D eigenvalue weighted by atomic mass is 31.2. The molecule has 4 rings (SSSR count). The van der Waals surface area contributed by atoms with Crippen molar-refractivity contribution in [3.8, 4) is 0 Å². The van der Waals surface area contributed by atoms with E-state index in [0.29, 0.717) is 6.07 Å². The molecule has 1 aromatic heterocycles. The molecule has 1 unspecified atom stereocenters. The Labute approximate surface area is 186 Å². The summed E-state index contributed by atoms with van der Waals surface area (Å²) in [6.07, 6.45) is -3.69. The maximum Gasteiger partial charge on any atom is 0.475 e. The predicted octanol–water partition coefficient (Wildman–Crippen LogP) is 1.42. The van der Waals surface area contributed by atoms with Crippen molar-refractivity contribution in [3.63, 3.8) is 0 Å². The van der Waals surface area contributed by atoms with Crippen LogP contribution in [0.1, 0.15) is 31.2 Å². The van der Waals surface area contributed by atoms with E-state index in [1.807, 2.05) is 0 Å². The summed E-state index contributed by atoms with van der Waals surface area (Å²) in [5.41, 5.74) is 2.83. The lowest BCUT2D eigenvalue weighted by Gasteiger charge is -2.30. The van der Waals surface area contributed by atoms with Gasteiger partial charge in [-0.05, 0) is 30.7 Å². The van der Waals surface area contributed by atoms with Crippen LogP contribution in [0.2, 0.25) is 0 Å². The van der Waals surface area contributed by atoms with Gasteiger partial charge in [0.25, 0.3) is 0 Å². The van der Waals surface area contributed by atoms with E-state index in [0.717, 1.165) is 16.7 Å². The van der Waals surface area contributed by atoms with Crippen molar-refractivity contribution in [1.82, 2.24) is 9.55 Å². The summed E-state index contributed by atoms with van der Waals surface area (Å²) in [6.45, 7) is 0.614. The highest BCUT2D eigenvalue weighted by molar-refractivity contribution is 7.48. The highest BCUT2D eigenvalue weighted by Crippen LogP contribution is 2.57. The summed E-state index contributed by atoms with van der Waals surface area (Å²) >= 11 is 0. The van der Waals surface area contributed by atoms with E-state index in [9.17, 15) is 28.4 Å². The molecule has 14 heteroatoms. The molecule has 33 heavy (non-hydrogen) atoms. The molecule has 2 aromatic rings. The third kappa shape index (κ3) is 4.85. The van der Waals surface area contributed by atoms with Gasteiger partial charge < -0.3 is 20.7 Å². The first-order valence-corrected chi connectivity index (χ1v) is 11.4. The van der Waals surface area contributed by atoms with E-state index in [-0.39, 0.29) is 24.4 Å². The summed E-state index contributed by atoms with van der Waals surface area (Å²) < 4.78 is 62.3. The highest BCUT2D eigenvalue weighted by Gasteiger charge is 2.54. The molecule has 2 fully saturated rings. The number of halogens is 2. The molecular formula is C19H22F2N3O8P. The molecule has 0 spiro atoms. The maximum atomic E-state index is 13.5. The second-order valence-electron chi connectivity index (χ2n) is 7.90. The number of phosphoric ester groups is 1. The lowest BCUT2D eigenvalue weighted by atomic mass is 9.96. The molecular weight excluding hydrogens is 467 g/mol. The predicted molar refractivity (Wildman–Crippen MR) is 108 cm³/mol. The van der Waals surface area contributed by atoms with Crippen molar-refractivity contribution in [3.05, 3.63) is 58.1 Å². The average molecular weight is 489 g/mol. The zero-order valence-electron chi connectivity index (χ0n) is 17.3. The Morgan fingerprint density at radius 3 is 2.73 bits per heavy atom. The van der Waals surface area contributed by atoms with Gasteiger partial charge in [-0.25, -0.2) is 18.1 Å². The summed E-state index contributed by atoms with van der Waals surface area (Å²) in [6, 6.07) is 4.11. The SMILES string of the molecule is C[C@@]1(O)[C@H](O)[C@@H](COP2(=O)OCC[C@H](c3cc(F)cc(F)c3)O2)O[C@H]1n1ccc(N)nc1=O. The number of nitrogens with zero attached hydrogens (tertiary/aromatic N) is 2. The Hall–Kier alpha value is -2.25. The molecule has 0 radical (unpaired) electrons. The minimum atomic E-state index is -4.21. The van der Waals surface area contributed by atoms with E-state index in [1.165, 1.54) is 19.2 Å². The molecule has 0 bridgehead atoms. The van der Waals surface area contributed by atoms with Crippen LogP contribution in [-0.4, -0.2) is 50.8 Å². The van der Waals surface area contributed by atoms with Gasteiger partial charge >= 0.3 is 13.5 Å². The van der Waals surface area contributed by atoms with Crippen LogP contribution in [0.25, 0.3) is 0 Å². The van der Waals surface area contributed by atoms with Crippen LogP contribution in [0.4, 0.5) is 14.6 Å². The average Bonchev–Trinajstić information content (AvgIpc) is 2.95. The second kappa shape index (κ2) is 8.84. The number of ether oxygens (including phenoxy) is 1. The Morgan fingerprint density at radius 1 is 1.36 bits per heavy atom. The normalized spacial score (nSPS) is 34.5. The van der Waals surface area contributed by atoms with Crippen LogP contribution in [-0.2, 0) is 22.9 Å². The van der Waals surface area contributed by atoms with E-state index < -0.39 is 61.9 Å². The smallest absolute Gasteiger partial charge is 0.387 e. The van der Waals surface area contributed by atoms with Gasteiger partial charge in [-0.3, -0.25) is 18.1 Å². The van der Waals surface area contributed by atoms with Crippen LogP contribution < -0.4 is 11.4 Å². The van der Waals surface area contributed by atoms with E-state index in [4.69, 9.17) is 24.0 Å². The molecule has 0 saturated carbocycles. The summed E-state index contributed by atoms with van der Waals surface area (Å²) in [7, 11) is -4.21. The number of nitrogen functional groups attached to an aromatic ring is 1. The van der Waals surface area contributed by atoms with E-state index >= 15 is 0 Å². The number of benzene rings is 1. The molecule has 2 aliphatic heterocycles. The number of aliphatic hydroxyl groups is 2. The van der Waals surface area contributed by atoms with Crippen LogP contribution >= 0.6 is 7.82 Å². The first-order chi connectivity index (χ1) is 15.5. The van der Waals surface area contributed by atoms with Gasteiger partial charge in [-0.15, -0.1) is 0 Å². The Balaban J connectivity index is 1.46. The molecule has 6 atom stereocenters. The Morgan fingerprint density at radius 2 is 2.06 bits per heavy atom. The Bertz CT molecular complexity index is 1130. The van der Waals surface area contributed by atoms with Crippen molar-refractivity contribution >= 4 is 13.6 Å². The number of hydrogen-bond acceptors (Lipinski definition) is 10. The molecule has 2 aliphatic rings. The van der Waals surface area contributed by atoms with Crippen molar-refractivity contribution in [2.45, 2.75) is 43.5 Å². The van der Waals surface area contributed by atoms with Crippen molar-refractivity contribution in [2.75, 3.05) is 18.9 Å². The van der Waals surface area contributed by atoms with Crippen molar-refractivity contribution < 1.29 is 41.9 Å². The minimum Gasteiger partial charge on any atom is -0.387 e. The number of nitrogens with two attached hydrogens (primary N) is 1. The number of aromatic nitrogens is 2.